The molecule has 0 saturated carbocycles. The second-order valence-electron chi connectivity index (χ2n) is 8.26. The number of amides is 2. The van der Waals surface area contributed by atoms with Crippen LogP contribution in [0.3, 0.4) is 0 Å². The smallest absolute Gasteiger partial charge is 0.254 e. The Labute approximate surface area is 192 Å². The molecule has 1 aromatic heterocycles. The van der Waals surface area contributed by atoms with Crippen LogP contribution in [0.1, 0.15) is 22.5 Å². The van der Waals surface area contributed by atoms with Gasteiger partial charge in [-0.2, -0.15) is 0 Å². The molecule has 0 aliphatic carbocycles. The van der Waals surface area contributed by atoms with Crippen LogP contribution in [-0.2, 0) is 4.79 Å². The van der Waals surface area contributed by atoms with Crippen molar-refractivity contribution in [1.29, 1.82) is 0 Å². The fourth-order valence-electron chi connectivity index (χ4n) is 4.55. The third-order valence-electron chi connectivity index (χ3n) is 6.22. The molecule has 0 radical (unpaired) electrons. The molecule has 4 aromatic rings. The lowest BCUT2D eigenvalue weighted by Gasteiger charge is -2.21. The minimum absolute atomic E-state index is 0.0132. The maximum atomic E-state index is 13.4. The molecule has 2 heterocycles. The molecular formula is C27H25N3O3. The molecular weight excluding hydrogens is 414 g/mol. The third-order valence-corrected chi connectivity index (χ3v) is 6.22. The van der Waals surface area contributed by atoms with Gasteiger partial charge in [-0.15, -0.1) is 0 Å². The topological polar surface area (TPSA) is 71.5 Å². The van der Waals surface area contributed by atoms with Crippen molar-refractivity contribution < 1.29 is 14.3 Å². The molecule has 33 heavy (non-hydrogen) atoms. The van der Waals surface area contributed by atoms with Crippen molar-refractivity contribution >= 4 is 33.5 Å². The molecule has 6 heteroatoms. The van der Waals surface area contributed by atoms with E-state index in [1.807, 2.05) is 61.5 Å². The Hall–Kier alpha value is -3.93. The molecule has 0 unspecified atom stereocenters. The number of hydrogen-bond donors (Lipinski definition) is 1. The first kappa shape index (κ1) is 20.9. The van der Waals surface area contributed by atoms with Crippen LogP contribution in [0.25, 0.3) is 32.8 Å². The van der Waals surface area contributed by atoms with Gasteiger partial charge in [0.2, 0.25) is 5.91 Å². The van der Waals surface area contributed by atoms with Crippen LogP contribution in [0, 0.1) is 6.92 Å². The van der Waals surface area contributed by atoms with Crippen molar-refractivity contribution in [3.63, 3.8) is 0 Å². The Morgan fingerprint density at radius 1 is 0.939 bits per heavy atom. The van der Waals surface area contributed by atoms with Crippen molar-refractivity contribution in [3.05, 3.63) is 71.9 Å². The number of pyridine rings is 1. The lowest BCUT2D eigenvalue weighted by Crippen LogP contribution is -2.34. The van der Waals surface area contributed by atoms with Gasteiger partial charge >= 0.3 is 0 Å². The van der Waals surface area contributed by atoms with Gasteiger partial charge in [-0.1, -0.05) is 36.4 Å². The molecule has 5 rings (SSSR count). The summed E-state index contributed by atoms with van der Waals surface area (Å²) in [6.07, 6.45) is 0.325. The van der Waals surface area contributed by atoms with Gasteiger partial charge in [-0.3, -0.25) is 9.59 Å². The fraction of sp³-hybridized carbons (Fsp3) is 0.222. The van der Waals surface area contributed by atoms with Crippen molar-refractivity contribution in [2.45, 2.75) is 13.3 Å². The van der Waals surface area contributed by atoms with Crippen LogP contribution >= 0.6 is 0 Å². The predicted molar refractivity (Wildman–Crippen MR) is 130 cm³/mol. The van der Waals surface area contributed by atoms with E-state index >= 15 is 0 Å². The van der Waals surface area contributed by atoms with E-state index in [2.05, 4.69) is 11.4 Å². The van der Waals surface area contributed by atoms with Gasteiger partial charge in [-0.05, 0) is 53.1 Å². The summed E-state index contributed by atoms with van der Waals surface area (Å²) >= 11 is 0. The first-order valence-corrected chi connectivity index (χ1v) is 11.1. The molecule has 1 aliphatic heterocycles. The molecule has 1 aliphatic rings. The number of benzene rings is 3. The lowest BCUT2D eigenvalue weighted by atomic mass is 9.92. The minimum Gasteiger partial charge on any atom is -0.494 e. The zero-order valence-corrected chi connectivity index (χ0v) is 18.7. The highest BCUT2D eigenvalue weighted by Gasteiger charge is 2.22. The van der Waals surface area contributed by atoms with Gasteiger partial charge in [0.25, 0.3) is 5.91 Å². The molecule has 0 bridgehead atoms. The minimum atomic E-state index is -0.0499. The summed E-state index contributed by atoms with van der Waals surface area (Å²) in [6.45, 7) is 3.38. The normalized spacial score (nSPS) is 14.2. The Balaban J connectivity index is 1.66. The van der Waals surface area contributed by atoms with Gasteiger partial charge in [-0.25, -0.2) is 4.98 Å². The molecule has 1 fully saturated rings. The molecule has 166 valence electrons. The molecule has 1 saturated heterocycles. The zero-order chi connectivity index (χ0) is 22.9. The number of fused-ring (bicyclic) bond motifs is 2. The molecule has 6 nitrogen and oxygen atoms in total. The highest BCUT2D eigenvalue weighted by atomic mass is 16.5. The van der Waals surface area contributed by atoms with Gasteiger partial charge in [0.1, 0.15) is 11.3 Å². The maximum Gasteiger partial charge on any atom is 0.254 e. The largest absolute Gasteiger partial charge is 0.494 e. The first-order valence-electron chi connectivity index (χ1n) is 11.1. The average Bonchev–Trinajstić information content (AvgIpc) is 3.06. The van der Waals surface area contributed by atoms with E-state index in [1.165, 1.54) is 0 Å². The van der Waals surface area contributed by atoms with Crippen LogP contribution in [0.2, 0.25) is 0 Å². The Morgan fingerprint density at radius 3 is 2.52 bits per heavy atom. The lowest BCUT2D eigenvalue weighted by molar-refractivity contribution is -0.120. The van der Waals surface area contributed by atoms with E-state index in [1.54, 1.807) is 12.0 Å². The number of aryl methyl sites for hydroxylation is 1. The van der Waals surface area contributed by atoms with E-state index < -0.39 is 0 Å². The summed E-state index contributed by atoms with van der Waals surface area (Å²) in [7, 11) is 1.65. The maximum absolute atomic E-state index is 13.4. The number of ether oxygens (including phenoxy) is 1. The molecule has 2 amide bonds. The van der Waals surface area contributed by atoms with Crippen molar-refractivity contribution in [1.82, 2.24) is 15.2 Å². The van der Waals surface area contributed by atoms with E-state index in [9.17, 15) is 9.59 Å². The Morgan fingerprint density at radius 2 is 1.70 bits per heavy atom. The van der Waals surface area contributed by atoms with Gasteiger partial charge in [0.05, 0.1) is 7.11 Å². The summed E-state index contributed by atoms with van der Waals surface area (Å²) in [5.41, 5.74) is 4.47. The number of carbonyl (C=O) groups excluding carboxylic acids is 2. The standard InChI is InChI=1S/C27H25N3O3/c1-17-7-8-22-21(11-12-24(33-2)26(22)29-17)20-9-10-23(19-6-4-3-5-18(19)20)27(32)30-15-13-25(31)28-14-16-30/h3-12H,13-16H2,1-2H3,(H,28,31). The van der Waals surface area contributed by atoms with Crippen molar-refractivity contribution in [2.75, 3.05) is 26.7 Å². The van der Waals surface area contributed by atoms with Crippen LogP contribution in [-0.4, -0.2) is 48.4 Å². The average molecular weight is 440 g/mol. The monoisotopic (exact) mass is 439 g/mol. The summed E-state index contributed by atoms with van der Waals surface area (Å²) in [6, 6.07) is 20.0. The predicted octanol–water partition coefficient (Wildman–Crippen LogP) is 4.33. The van der Waals surface area contributed by atoms with Crippen LogP contribution in [0.5, 0.6) is 5.75 Å². The fourth-order valence-corrected chi connectivity index (χ4v) is 4.55. The number of carbonyl (C=O) groups is 2. The zero-order valence-electron chi connectivity index (χ0n) is 18.7. The summed E-state index contributed by atoms with van der Waals surface area (Å²) in [4.78, 5) is 31.6. The van der Waals surface area contributed by atoms with Crippen molar-refractivity contribution in [3.8, 4) is 16.9 Å². The van der Waals surface area contributed by atoms with E-state index in [-0.39, 0.29) is 11.8 Å². The van der Waals surface area contributed by atoms with Gasteiger partial charge in [0.15, 0.2) is 0 Å². The Kier molecular flexibility index (Phi) is 5.42. The van der Waals surface area contributed by atoms with E-state index in [0.29, 0.717) is 31.6 Å². The summed E-state index contributed by atoms with van der Waals surface area (Å²) in [5.74, 6) is 0.671. The Bertz CT molecular complexity index is 1400. The molecule has 0 atom stereocenters. The number of nitrogens with one attached hydrogen (secondary N) is 1. The van der Waals surface area contributed by atoms with Gasteiger partial charge < -0.3 is 15.0 Å². The second-order valence-corrected chi connectivity index (χ2v) is 8.26. The SMILES string of the molecule is COc1ccc(-c2ccc(C(=O)N3CCNC(=O)CC3)c3ccccc23)c2ccc(C)nc12. The van der Waals surface area contributed by atoms with E-state index in [0.717, 1.165) is 44.2 Å². The molecule has 0 spiro atoms. The summed E-state index contributed by atoms with van der Waals surface area (Å²) < 4.78 is 5.55. The highest BCUT2D eigenvalue weighted by molar-refractivity contribution is 6.13. The van der Waals surface area contributed by atoms with E-state index in [4.69, 9.17) is 9.72 Å². The summed E-state index contributed by atoms with van der Waals surface area (Å²) in [5, 5.41) is 5.73. The number of nitrogens with zero attached hydrogens (tertiary/aromatic N) is 2. The van der Waals surface area contributed by atoms with Crippen LogP contribution in [0.4, 0.5) is 0 Å². The quantitative estimate of drug-likeness (QED) is 0.516. The van der Waals surface area contributed by atoms with Crippen LogP contribution < -0.4 is 10.1 Å². The number of aromatic nitrogens is 1. The number of rotatable bonds is 3. The number of hydrogen-bond acceptors (Lipinski definition) is 4. The number of methoxy groups -OCH3 is 1. The second kappa shape index (κ2) is 8.54. The first-order chi connectivity index (χ1) is 16.1. The van der Waals surface area contributed by atoms with Gasteiger partial charge in [0, 0.05) is 42.7 Å². The third kappa shape index (κ3) is 3.78. The van der Waals surface area contributed by atoms with Crippen LogP contribution in [0.15, 0.2) is 60.7 Å². The van der Waals surface area contributed by atoms with Crippen molar-refractivity contribution in [2.24, 2.45) is 0 Å². The molecule has 1 N–H and O–H groups in total. The highest BCUT2D eigenvalue weighted by Crippen LogP contribution is 2.38. The molecule has 3 aromatic carbocycles.